The van der Waals surface area contributed by atoms with E-state index >= 15 is 0 Å². The molecule has 1 aliphatic heterocycles. The number of ether oxygens (including phenoxy) is 2. The van der Waals surface area contributed by atoms with Crippen molar-refractivity contribution in [3.05, 3.63) is 47.5 Å². The average Bonchev–Trinajstić information content (AvgIpc) is 2.86. The first-order valence-corrected chi connectivity index (χ1v) is 15.5. The van der Waals surface area contributed by atoms with E-state index in [2.05, 4.69) is 13.8 Å². The fraction of sp³-hybridized carbons (Fsp3) is 0.538. The summed E-state index contributed by atoms with van der Waals surface area (Å²) in [4.78, 5) is 0.377. The van der Waals surface area contributed by atoms with Gasteiger partial charge in [0.05, 0.1) is 23.0 Å². The first-order valence-electron chi connectivity index (χ1n) is 12.6. The third-order valence-electron chi connectivity index (χ3n) is 6.28. The highest BCUT2D eigenvalue weighted by molar-refractivity contribution is 7.89. The number of nitrogens with zero attached hydrogens (tertiary/aromatic N) is 2. The lowest BCUT2D eigenvalue weighted by Crippen LogP contribution is -2.50. The SMILES string of the molecule is CCCCOc1ccc(S(=O)(=O)N2CCN(S(=O)(=O)c3ccc(OCCCC)c(C)c3)CC2)cc1C. The largest absolute Gasteiger partial charge is 0.493 e. The minimum absolute atomic E-state index is 0.0898. The molecule has 1 fully saturated rings. The van der Waals surface area contributed by atoms with Crippen molar-refractivity contribution in [3.8, 4) is 11.5 Å². The first kappa shape index (κ1) is 28.4. The second-order valence-corrected chi connectivity index (χ2v) is 12.9. The Morgan fingerprint density at radius 2 is 1.03 bits per heavy atom. The molecule has 36 heavy (non-hydrogen) atoms. The highest BCUT2D eigenvalue weighted by Crippen LogP contribution is 2.28. The van der Waals surface area contributed by atoms with E-state index in [9.17, 15) is 16.8 Å². The quantitative estimate of drug-likeness (QED) is 0.373. The summed E-state index contributed by atoms with van der Waals surface area (Å²) in [6.45, 7) is 9.36. The van der Waals surface area contributed by atoms with Crippen LogP contribution in [0, 0.1) is 13.8 Å². The van der Waals surface area contributed by atoms with Gasteiger partial charge in [-0.25, -0.2) is 16.8 Å². The molecule has 0 aliphatic carbocycles. The molecule has 0 bridgehead atoms. The molecular formula is C26H38N2O6S2. The maximum absolute atomic E-state index is 13.2. The normalized spacial score (nSPS) is 15.7. The highest BCUT2D eigenvalue weighted by atomic mass is 32.2. The van der Waals surface area contributed by atoms with Gasteiger partial charge in [0.1, 0.15) is 11.5 Å². The summed E-state index contributed by atoms with van der Waals surface area (Å²) in [5.74, 6) is 1.35. The van der Waals surface area contributed by atoms with Crippen molar-refractivity contribution in [3.63, 3.8) is 0 Å². The molecule has 0 amide bonds. The number of unbranched alkanes of at least 4 members (excludes halogenated alkanes) is 2. The second kappa shape index (κ2) is 12.4. The Labute approximate surface area is 216 Å². The van der Waals surface area contributed by atoms with Crippen LogP contribution in [-0.4, -0.2) is 64.8 Å². The van der Waals surface area contributed by atoms with Gasteiger partial charge in [-0.05, 0) is 74.2 Å². The van der Waals surface area contributed by atoms with Crippen LogP contribution in [0.15, 0.2) is 46.2 Å². The molecule has 2 aromatic carbocycles. The van der Waals surface area contributed by atoms with Crippen LogP contribution in [0.4, 0.5) is 0 Å². The van der Waals surface area contributed by atoms with Crippen LogP contribution >= 0.6 is 0 Å². The summed E-state index contributed by atoms with van der Waals surface area (Å²) < 4.78 is 67.1. The van der Waals surface area contributed by atoms with Crippen molar-refractivity contribution in [1.82, 2.24) is 8.61 Å². The molecule has 0 radical (unpaired) electrons. The van der Waals surface area contributed by atoms with Crippen molar-refractivity contribution < 1.29 is 26.3 Å². The van der Waals surface area contributed by atoms with Crippen molar-refractivity contribution in [2.45, 2.75) is 63.2 Å². The lowest BCUT2D eigenvalue weighted by Gasteiger charge is -2.33. The molecule has 8 nitrogen and oxygen atoms in total. The minimum Gasteiger partial charge on any atom is -0.493 e. The molecule has 0 aromatic heterocycles. The summed E-state index contributed by atoms with van der Waals surface area (Å²) >= 11 is 0. The van der Waals surface area contributed by atoms with E-state index in [0.717, 1.165) is 36.8 Å². The maximum Gasteiger partial charge on any atom is 0.243 e. The Bertz CT molecular complexity index is 1140. The number of sulfonamides is 2. The van der Waals surface area contributed by atoms with Gasteiger partial charge >= 0.3 is 0 Å². The van der Waals surface area contributed by atoms with E-state index in [1.165, 1.54) is 8.61 Å². The number of piperazine rings is 1. The monoisotopic (exact) mass is 538 g/mol. The molecule has 2 aromatic rings. The van der Waals surface area contributed by atoms with Gasteiger partial charge in [-0.15, -0.1) is 0 Å². The van der Waals surface area contributed by atoms with E-state index in [4.69, 9.17) is 9.47 Å². The lowest BCUT2D eigenvalue weighted by atomic mass is 10.2. The van der Waals surface area contributed by atoms with Crippen LogP contribution in [0.5, 0.6) is 11.5 Å². The standard InChI is InChI=1S/C26H38N2O6S2/c1-5-7-17-33-25-11-9-23(19-21(25)3)35(29,30)27-13-15-28(16-14-27)36(31,32)24-10-12-26(22(4)20-24)34-18-8-6-2/h9-12,19-20H,5-8,13-18H2,1-4H3. The molecule has 1 aliphatic rings. The Kier molecular flexibility index (Phi) is 9.79. The molecule has 0 atom stereocenters. The van der Waals surface area contributed by atoms with Gasteiger partial charge in [0.25, 0.3) is 0 Å². The molecule has 3 rings (SSSR count). The van der Waals surface area contributed by atoms with Crippen LogP contribution in [0.2, 0.25) is 0 Å². The van der Waals surface area contributed by atoms with E-state index in [-0.39, 0.29) is 36.0 Å². The molecule has 200 valence electrons. The van der Waals surface area contributed by atoms with Gasteiger partial charge in [-0.3, -0.25) is 0 Å². The molecule has 0 N–H and O–H groups in total. The summed E-state index contributed by atoms with van der Waals surface area (Å²) in [6, 6.07) is 9.73. The van der Waals surface area contributed by atoms with Crippen LogP contribution in [0.1, 0.15) is 50.7 Å². The number of rotatable bonds is 12. The number of hydrogen-bond acceptors (Lipinski definition) is 6. The third-order valence-corrected chi connectivity index (χ3v) is 10.1. The van der Waals surface area contributed by atoms with Crippen molar-refractivity contribution in [1.29, 1.82) is 0 Å². The average molecular weight is 539 g/mol. The van der Waals surface area contributed by atoms with Crippen LogP contribution < -0.4 is 9.47 Å². The zero-order chi connectivity index (χ0) is 26.3. The molecule has 0 saturated carbocycles. The predicted octanol–water partition coefficient (Wildman–Crippen LogP) is 4.36. The molecule has 0 spiro atoms. The first-order chi connectivity index (χ1) is 17.1. The minimum atomic E-state index is -3.74. The zero-order valence-corrected chi connectivity index (χ0v) is 23.3. The Morgan fingerprint density at radius 1 is 0.667 bits per heavy atom. The molecule has 10 heteroatoms. The van der Waals surface area contributed by atoms with Gasteiger partial charge in [-0.2, -0.15) is 8.61 Å². The van der Waals surface area contributed by atoms with Crippen molar-refractivity contribution in [2.24, 2.45) is 0 Å². The van der Waals surface area contributed by atoms with Gasteiger partial charge < -0.3 is 9.47 Å². The molecule has 1 heterocycles. The second-order valence-electron chi connectivity index (χ2n) is 9.07. The lowest BCUT2D eigenvalue weighted by molar-refractivity contribution is 0.272. The molecule has 1 saturated heterocycles. The summed E-state index contributed by atoms with van der Waals surface area (Å²) in [5, 5.41) is 0. The maximum atomic E-state index is 13.2. The van der Waals surface area contributed by atoms with E-state index in [1.807, 2.05) is 13.8 Å². The predicted molar refractivity (Wildman–Crippen MR) is 141 cm³/mol. The molecular weight excluding hydrogens is 500 g/mol. The van der Waals surface area contributed by atoms with Crippen LogP contribution in [-0.2, 0) is 20.0 Å². The van der Waals surface area contributed by atoms with Gasteiger partial charge in [-0.1, -0.05) is 26.7 Å². The number of aryl methyl sites for hydroxylation is 2. The molecule has 0 unspecified atom stereocenters. The fourth-order valence-electron chi connectivity index (χ4n) is 3.99. The van der Waals surface area contributed by atoms with Crippen LogP contribution in [0.3, 0.4) is 0 Å². The van der Waals surface area contributed by atoms with Crippen molar-refractivity contribution in [2.75, 3.05) is 39.4 Å². The van der Waals surface area contributed by atoms with Crippen LogP contribution in [0.25, 0.3) is 0 Å². The van der Waals surface area contributed by atoms with E-state index < -0.39 is 20.0 Å². The van der Waals surface area contributed by atoms with Gasteiger partial charge in [0, 0.05) is 26.2 Å². The topological polar surface area (TPSA) is 93.2 Å². The van der Waals surface area contributed by atoms with Gasteiger partial charge in [0.2, 0.25) is 20.0 Å². The fourth-order valence-corrected chi connectivity index (χ4v) is 7.01. The smallest absolute Gasteiger partial charge is 0.243 e. The summed E-state index contributed by atoms with van der Waals surface area (Å²) in [5.41, 5.74) is 1.51. The van der Waals surface area contributed by atoms with Gasteiger partial charge in [0.15, 0.2) is 0 Å². The summed E-state index contributed by atoms with van der Waals surface area (Å²) in [6.07, 6.45) is 3.91. The van der Waals surface area contributed by atoms with Crippen molar-refractivity contribution >= 4 is 20.0 Å². The Balaban J connectivity index is 1.66. The zero-order valence-electron chi connectivity index (χ0n) is 21.7. The Hall–Kier alpha value is -2.14. The number of benzene rings is 2. The van der Waals surface area contributed by atoms with E-state index in [1.54, 1.807) is 36.4 Å². The number of hydrogen-bond donors (Lipinski definition) is 0. The Morgan fingerprint density at radius 3 is 1.33 bits per heavy atom. The highest BCUT2D eigenvalue weighted by Gasteiger charge is 2.34. The van der Waals surface area contributed by atoms with E-state index in [0.29, 0.717) is 24.7 Å². The third kappa shape index (κ3) is 6.59. The summed E-state index contributed by atoms with van der Waals surface area (Å²) in [7, 11) is -7.49.